The van der Waals surface area contributed by atoms with Crippen molar-refractivity contribution in [2.24, 2.45) is 7.05 Å². The number of hydrogen-bond acceptors (Lipinski definition) is 3. The van der Waals surface area contributed by atoms with Crippen LogP contribution in [-0.2, 0) is 7.05 Å². The van der Waals surface area contributed by atoms with Gasteiger partial charge in [-0.05, 0) is 18.2 Å². The molecule has 0 fully saturated rings. The fraction of sp³-hybridized carbons (Fsp3) is 0.0909. The number of rotatable bonds is 1. The van der Waals surface area contributed by atoms with Crippen molar-refractivity contribution in [3.63, 3.8) is 0 Å². The van der Waals surface area contributed by atoms with E-state index in [-0.39, 0.29) is 5.75 Å². The van der Waals surface area contributed by atoms with Crippen LogP contribution in [0.3, 0.4) is 0 Å². The molecule has 0 bridgehead atoms. The molecule has 0 aliphatic carbocycles. The van der Waals surface area contributed by atoms with Gasteiger partial charge in [0.05, 0.1) is 11.9 Å². The molecule has 3 aromatic rings. The molecule has 3 rings (SSSR count). The highest BCUT2D eigenvalue weighted by Gasteiger charge is 2.08. The van der Waals surface area contributed by atoms with Crippen LogP contribution in [0.15, 0.2) is 36.8 Å². The minimum absolute atomic E-state index is 0.227. The normalized spacial score (nSPS) is 11.1. The average Bonchev–Trinajstić information content (AvgIpc) is 2.84. The first-order chi connectivity index (χ1) is 7.74. The summed E-state index contributed by atoms with van der Waals surface area (Å²) in [5.41, 5.74) is 2.43. The molecular formula is C11H10N4O. The molecule has 5 heteroatoms. The van der Waals surface area contributed by atoms with Crippen LogP contribution in [-0.4, -0.2) is 24.5 Å². The van der Waals surface area contributed by atoms with Crippen LogP contribution < -0.4 is 0 Å². The van der Waals surface area contributed by atoms with Crippen molar-refractivity contribution in [3.8, 4) is 17.0 Å². The fourth-order valence-electron chi connectivity index (χ4n) is 1.70. The second-order valence-electron chi connectivity index (χ2n) is 3.66. The molecule has 0 saturated carbocycles. The Labute approximate surface area is 91.6 Å². The Morgan fingerprint density at radius 3 is 2.94 bits per heavy atom. The molecule has 16 heavy (non-hydrogen) atoms. The van der Waals surface area contributed by atoms with E-state index in [0.29, 0.717) is 5.52 Å². The minimum Gasteiger partial charge on any atom is -0.506 e. The highest BCUT2D eigenvalue weighted by Crippen LogP contribution is 2.23. The fourth-order valence-corrected chi connectivity index (χ4v) is 1.70. The Kier molecular flexibility index (Phi) is 1.73. The predicted octanol–water partition coefficient (Wildman–Crippen LogP) is 1.44. The molecule has 0 radical (unpaired) electrons. The Bertz CT molecular complexity index is 653. The summed E-state index contributed by atoms with van der Waals surface area (Å²) in [6, 6.07) is 5.23. The van der Waals surface area contributed by atoms with Crippen LogP contribution in [0.25, 0.3) is 16.8 Å². The van der Waals surface area contributed by atoms with E-state index in [2.05, 4.69) is 10.2 Å². The topological polar surface area (TPSA) is 55.4 Å². The van der Waals surface area contributed by atoms with E-state index >= 15 is 0 Å². The molecule has 80 valence electrons. The number of fused-ring (bicyclic) bond motifs is 1. The summed E-state index contributed by atoms with van der Waals surface area (Å²) in [5.74, 6) is 0.227. The number of aromatic nitrogens is 4. The maximum Gasteiger partial charge on any atom is 0.141 e. The van der Waals surface area contributed by atoms with Gasteiger partial charge in [-0.15, -0.1) is 0 Å². The molecule has 0 aliphatic heterocycles. The number of nitrogens with zero attached hydrogens (tertiary/aromatic N) is 4. The van der Waals surface area contributed by atoms with Gasteiger partial charge in [0.1, 0.15) is 11.3 Å². The molecule has 3 aromatic heterocycles. The van der Waals surface area contributed by atoms with Gasteiger partial charge in [-0.1, -0.05) is 0 Å². The van der Waals surface area contributed by atoms with Crippen LogP contribution in [0.2, 0.25) is 0 Å². The number of aromatic hydroxyl groups is 1. The summed E-state index contributed by atoms with van der Waals surface area (Å²) in [4.78, 5) is 0. The van der Waals surface area contributed by atoms with Gasteiger partial charge in [0.25, 0.3) is 0 Å². The van der Waals surface area contributed by atoms with E-state index in [0.717, 1.165) is 11.3 Å². The van der Waals surface area contributed by atoms with Gasteiger partial charge >= 0.3 is 0 Å². The minimum atomic E-state index is 0.227. The Morgan fingerprint density at radius 2 is 2.25 bits per heavy atom. The van der Waals surface area contributed by atoms with Gasteiger partial charge in [0.2, 0.25) is 0 Å². The number of hydrogen-bond donors (Lipinski definition) is 1. The quantitative estimate of drug-likeness (QED) is 0.666. The average molecular weight is 214 g/mol. The first-order valence-corrected chi connectivity index (χ1v) is 4.90. The number of pyridine rings is 1. The van der Waals surface area contributed by atoms with Gasteiger partial charge in [-0.3, -0.25) is 4.68 Å². The Hall–Kier alpha value is -2.30. The van der Waals surface area contributed by atoms with Crippen LogP contribution >= 0.6 is 0 Å². The zero-order chi connectivity index (χ0) is 11.1. The van der Waals surface area contributed by atoms with E-state index in [1.165, 1.54) is 0 Å². The first kappa shape index (κ1) is 8.96. The monoisotopic (exact) mass is 214 g/mol. The molecule has 0 amide bonds. The van der Waals surface area contributed by atoms with Crippen molar-refractivity contribution in [2.75, 3.05) is 0 Å². The summed E-state index contributed by atoms with van der Waals surface area (Å²) in [6.07, 6.45) is 5.44. The predicted molar refractivity (Wildman–Crippen MR) is 59.1 cm³/mol. The highest BCUT2D eigenvalue weighted by atomic mass is 16.3. The maximum absolute atomic E-state index is 9.65. The van der Waals surface area contributed by atoms with Crippen molar-refractivity contribution in [1.82, 2.24) is 19.4 Å². The molecule has 0 aliphatic rings. The molecule has 0 spiro atoms. The van der Waals surface area contributed by atoms with E-state index < -0.39 is 0 Å². The summed E-state index contributed by atoms with van der Waals surface area (Å²) >= 11 is 0. The van der Waals surface area contributed by atoms with Crippen molar-refractivity contribution >= 4 is 5.52 Å². The van der Waals surface area contributed by atoms with Crippen molar-refractivity contribution < 1.29 is 5.11 Å². The first-order valence-electron chi connectivity index (χ1n) is 4.90. The van der Waals surface area contributed by atoms with E-state index in [1.807, 2.05) is 19.3 Å². The lowest BCUT2D eigenvalue weighted by atomic mass is 10.2. The van der Waals surface area contributed by atoms with E-state index in [1.54, 1.807) is 33.7 Å². The zero-order valence-corrected chi connectivity index (χ0v) is 8.70. The summed E-state index contributed by atoms with van der Waals surface area (Å²) in [5, 5.41) is 18.1. The van der Waals surface area contributed by atoms with Crippen molar-refractivity contribution in [2.45, 2.75) is 0 Å². The molecule has 0 aromatic carbocycles. The molecule has 5 nitrogen and oxygen atoms in total. The van der Waals surface area contributed by atoms with E-state index in [4.69, 9.17) is 0 Å². The third-order valence-electron chi connectivity index (χ3n) is 2.48. The summed E-state index contributed by atoms with van der Waals surface area (Å²) in [7, 11) is 1.86. The SMILES string of the molecule is Cn1cc(-c2cc3c(O)cccn3n2)cn1. The zero-order valence-electron chi connectivity index (χ0n) is 8.70. The van der Waals surface area contributed by atoms with Crippen molar-refractivity contribution in [3.05, 3.63) is 36.8 Å². The number of aryl methyl sites for hydroxylation is 1. The second kappa shape index (κ2) is 3.10. The van der Waals surface area contributed by atoms with Gasteiger partial charge in [0, 0.05) is 25.0 Å². The highest BCUT2D eigenvalue weighted by molar-refractivity contribution is 5.69. The molecule has 1 N–H and O–H groups in total. The van der Waals surface area contributed by atoms with Crippen LogP contribution in [0, 0.1) is 0 Å². The van der Waals surface area contributed by atoms with Gasteiger partial charge in [-0.25, -0.2) is 4.52 Å². The van der Waals surface area contributed by atoms with Crippen LogP contribution in [0.4, 0.5) is 0 Å². The Morgan fingerprint density at radius 1 is 1.38 bits per heavy atom. The van der Waals surface area contributed by atoms with Crippen LogP contribution in [0.5, 0.6) is 5.75 Å². The van der Waals surface area contributed by atoms with Gasteiger partial charge in [-0.2, -0.15) is 10.2 Å². The smallest absolute Gasteiger partial charge is 0.141 e. The Balaban J connectivity index is 2.22. The van der Waals surface area contributed by atoms with Crippen molar-refractivity contribution in [1.29, 1.82) is 0 Å². The maximum atomic E-state index is 9.65. The summed E-state index contributed by atoms with van der Waals surface area (Å²) in [6.45, 7) is 0. The molecule has 0 unspecified atom stereocenters. The lowest BCUT2D eigenvalue weighted by molar-refractivity contribution is 0.478. The lowest BCUT2D eigenvalue weighted by Crippen LogP contribution is -1.85. The third kappa shape index (κ3) is 1.25. The van der Waals surface area contributed by atoms with Gasteiger partial charge < -0.3 is 5.11 Å². The van der Waals surface area contributed by atoms with Crippen LogP contribution in [0.1, 0.15) is 0 Å². The second-order valence-corrected chi connectivity index (χ2v) is 3.66. The van der Waals surface area contributed by atoms with E-state index in [9.17, 15) is 5.11 Å². The molecule has 3 heterocycles. The third-order valence-corrected chi connectivity index (χ3v) is 2.48. The molecule has 0 saturated heterocycles. The standard InChI is InChI=1S/C11H10N4O/c1-14-7-8(6-12-14)9-5-10-11(16)3-2-4-15(10)13-9/h2-7,16H,1H3. The largest absolute Gasteiger partial charge is 0.506 e. The van der Waals surface area contributed by atoms with Gasteiger partial charge in [0.15, 0.2) is 0 Å². The molecular weight excluding hydrogens is 204 g/mol. The summed E-state index contributed by atoms with van der Waals surface area (Å²) < 4.78 is 3.37. The molecule has 0 atom stereocenters. The lowest BCUT2D eigenvalue weighted by Gasteiger charge is -1.93.